The molecule has 0 aromatic heterocycles. The number of carboxylic acid groups (broad SMARTS) is 1. The van der Waals surface area contributed by atoms with Gasteiger partial charge in [-0.3, -0.25) is 14.9 Å². The zero-order valence-electron chi connectivity index (χ0n) is 11.3. The van der Waals surface area contributed by atoms with Crippen molar-refractivity contribution in [3.05, 3.63) is 81.4 Å². The number of non-ortho nitro benzene ring substituents is 1. The largest absolute Gasteiger partial charge is 0.478 e. The van der Waals surface area contributed by atoms with E-state index in [0.29, 0.717) is 5.56 Å². The summed E-state index contributed by atoms with van der Waals surface area (Å²) < 4.78 is 0. The molecule has 0 unspecified atom stereocenters. The molecule has 0 radical (unpaired) electrons. The van der Waals surface area contributed by atoms with Crippen LogP contribution in [0.4, 0.5) is 5.69 Å². The lowest BCUT2D eigenvalue weighted by Gasteiger charge is -2.01. The van der Waals surface area contributed by atoms with Crippen molar-refractivity contribution in [1.29, 1.82) is 0 Å². The monoisotopic (exact) mass is 297 g/mol. The van der Waals surface area contributed by atoms with Gasteiger partial charge in [0.2, 0.25) is 0 Å². The number of hydrogen-bond acceptors (Lipinski definition) is 4. The summed E-state index contributed by atoms with van der Waals surface area (Å²) in [6.45, 7) is 0. The van der Waals surface area contributed by atoms with Crippen LogP contribution in [-0.2, 0) is 0 Å². The molecule has 0 saturated heterocycles. The smallest absolute Gasteiger partial charge is 0.336 e. The van der Waals surface area contributed by atoms with Crippen LogP contribution in [-0.4, -0.2) is 21.8 Å². The number of hydrogen-bond donors (Lipinski definition) is 1. The van der Waals surface area contributed by atoms with Gasteiger partial charge in [-0.2, -0.15) is 0 Å². The number of carboxylic acids is 1. The SMILES string of the molecule is O=C(O)c1ccccc1C(=O)/C=C/c1ccc([N+](=O)[O-])cc1. The van der Waals surface area contributed by atoms with Crippen molar-refractivity contribution in [1.82, 2.24) is 0 Å². The maximum atomic E-state index is 12.1. The van der Waals surface area contributed by atoms with Gasteiger partial charge in [0.15, 0.2) is 5.78 Å². The first-order chi connectivity index (χ1) is 10.5. The molecule has 0 bridgehead atoms. The van der Waals surface area contributed by atoms with E-state index in [9.17, 15) is 19.7 Å². The molecule has 0 heterocycles. The Balaban J connectivity index is 2.21. The van der Waals surface area contributed by atoms with Crippen LogP contribution < -0.4 is 0 Å². The summed E-state index contributed by atoms with van der Waals surface area (Å²) in [6, 6.07) is 11.6. The number of rotatable bonds is 5. The fourth-order valence-electron chi connectivity index (χ4n) is 1.85. The third kappa shape index (κ3) is 3.43. The van der Waals surface area contributed by atoms with E-state index in [1.807, 2.05) is 0 Å². The average Bonchev–Trinajstić information content (AvgIpc) is 2.53. The van der Waals surface area contributed by atoms with E-state index in [0.717, 1.165) is 0 Å². The second-order valence-electron chi connectivity index (χ2n) is 4.40. The molecule has 0 aliphatic heterocycles. The number of nitro groups is 1. The minimum absolute atomic E-state index is 0.0419. The van der Waals surface area contributed by atoms with Gasteiger partial charge in [-0.1, -0.05) is 24.3 Å². The fourth-order valence-corrected chi connectivity index (χ4v) is 1.85. The Labute approximate surface area is 125 Å². The molecule has 0 fully saturated rings. The Kier molecular flexibility index (Phi) is 4.43. The number of nitro benzene ring substituents is 1. The van der Waals surface area contributed by atoms with Gasteiger partial charge in [0, 0.05) is 17.7 Å². The first kappa shape index (κ1) is 15.1. The van der Waals surface area contributed by atoms with E-state index < -0.39 is 16.7 Å². The van der Waals surface area contributed by atoms with Crippen LogP contribution in [0.5, 0.6) is 0 Å². The van der Waals surface area contributed by atoms with Crippen molar-refractivity contribution in [3.63, 3.8) is 0 Å². The van der Waals surface area contributed by atoms with Crippen LogP contribution in [0.2, 0.25) is 0 Å². The van der Waals surface area contributed by atoms with Gasteiger partial charge in [0.25, 0.3) is 5.69 Å². The minimum Gasteiger partial charge on any atom is -0.478 e. The Morgan fingerprint density at radius 2 is 1.59 bits per heavy atom. The molecular formula is C16H11NO5. The van der Waals surface area contributed by atoms with Crippen LogP contribution in [0.3, 0.4) is 0 Å². The molecule has 0 aliphatic carbocycles. The van der Waals surface area contributed by atoms with Crippen LogP contribution >= 0.6 is 0 Å². The third-order valence-corrected chi connectivity index (χ3v) is 2.95. The van der Waals surface area contributed by atoms with E-state index in [-0.39, 0.29) is 16.8 Å². The summed E-state index contributed by atoms with van der Waals surface area (Å²) in [5, 5.41) is 19.6. The summed E-state index contributed by atoms with van der Waals surface area (Å²) >= 11 is 0. The van der Waals surface area contributed by atoms with Gasteiger partial charge in [0.1, 0.15) is 0 Å². The molecule has 0 amide bonds. The predicted molar refractivity (Wildman–Crippen MR) is 79.9 cm³/mol. The summed E-state index contributed by atoms with van der Waals surface area (Å²) in [5.74, 6) is -1.62. The predicted octanol–water partition coefficient (Wildman–Crippen LogP) is 3.19. The second kappa shape index (κ2) is 6.45. The van der Waals surface area contributed by atoms with Crippen molar-refractivity contribution < 1.29 is 19.6 Å². The van der Waals surface area contributed by atoms with Gasteiger partial charge < -0.3 is 5.11 Å². The van der Waals surface area contributed by atoms with Crippen molar-refractivity contribution >= 4 is 23.5 Å². The Bertz CT molecular complexity index is 762. The molecule has 22 heavy (non-hydrogen) atoms. The number of carbonyl (C=O) groups is 2. The number of carbonyl (C=O) groups excluding carboxylic acids is 1. The zero-order valence-corrected chi connectivity index (χ0v) is 11.3. The van der Waals surface area contributed by atoms with Crippen LogP contribution in [0, 0.1) is 10.1 Å². The Hall–Kier alpha value is -3.28. The highest BCUT2D eigenvalue weighted by molar-refractivity contribution is 6.12. The third-order valence-electron chi connectivity index (χ3n) is 2.95. The first-order valence-corrected chi connectivity index (χ1v) is 6.28. The van der Waals surface area contributed by atoms with E-state index in [1.54, 1.807) is 12.1 Å². The number of nitrogens with zero attached hydrogens (tertiary/aromatic N) is 1. The lowest BCUT2D eigenvalue weighted by molar-refractivity contribution is -0.384. The number of allylic oxidation sites excluding steroid dienone is 1. The average molecular weight is 297 g/mol. The van der Waals surface area contributed by atoms with Gasteiger partial charge >= 0.3 is 5.97 Å². The molecule has 110 valence electrons. The van der Waals surface area contributed by atoms with Gasteiger partial charge in [-0.05, 0) is 29.8 Å². The van der Waals surface area contributed by atoms with E-state index in [4.69, 9.17) is 5.11 Å². The molecule has 2 aromatic rings. The van der Waals surface area contributed by atoms with Crippen molar-refractivity contribution in [2.24, 2.45) is 0 Å². The molecule has 2 rings (SSSR count). The lowest BCUT2D eigenvalue weighted by atomic mass is 10.0. The van der Waals surface area contributed by atoms with Crippen molar-refractivity contribution in [2.45, 2.75) is 0 Å². The summed E-state index contributed by atoms with van der Waals surface area (Å²) in [6.07, 6.45) is 2.72. The molecule has 6 nitrogen and oxygen atoms in total. The summed E-state index contributed by atoms with van der Waals surface area (Å²) in [7, 11) is 0. The summed E-state index contributed by atoms with van der Waals surface area (Å²) in [5.41, 5.74) is 0.584. The Morgan fingerprint density at radius 3 is 2.14 bits per heavy atom. The van der Waals surface area contributed by atoms with Gasteiger partial charge in [-0.25, -0.2) is 4.79 Å². The normalized spacial score (nSPS) is 10.5. The molecular weight excluding hydrogens is 286 g/mol. The standard InChI is InChI=1S/C16H11NO5/c18-15(13-3-1-2-4-14(13)16(19)20)10-7-11-5-8-12(9-6-11)17(21)22/h1-10H,(H,19,20)/b10-7+. The zero-order chi connectivity index (χ0) is 16.1. The fraction of sp³-hybridized carbons (Fsp3) is 0. The molecule has 2 aromatic carbocycles. The maximum absolute atomic E-state index is 12.1. The van der Waals surface area contributed by atoms with Crippen LogP contribution in [0.25, 0.3) is 6.08 Å². The highest BCUT2D eigenvalue weighted by atomic mass is 16.6. The molecule has 0 saturated carbocycles. The van der Waals surface area contributed by atoms with Gasteiger partial charge in [0.05, 0.1) is 10.5 Å². The minimum atomic E-state index is -1.17. The lowest BCUT2D eigenvalue weighted by Crippen LogP contribution is -2.06. The first-order valence-electron chi connectivity index (χ1n) is 6.28. The molecule has 0 atom stereocenters. The van der Waals surface area contributed by atoms with Crippen molar-refractivity contribution in [2.75, 3.05) is 0 Å². The van der Waals surface area contributed by atoms with Gasteiger partial charge in [-0.15, -0.1) is 0 Å². The number of ketones is 1. The quantitative estimate of drug-likeness (QED) is 0.395. The van der Waals surface area contributed by atoms with Crippen LogP contribution in [0.15, 0.2) is 54.6 Å². The topological polar surface area (TPSA) is 97.5 Å². The number of aromatic carboxylic acids is 1. The second-order valence-corrected chi connectivity index (χ2v) is 4.40. The number of benzene rings is 2. The molecule has 0 spiro atoms. The highest BCUT2D eigenvalue weighted by Crippen LogP contribution is 2.14. The molecule has 0 aliphatic rings. The van der Waals surface area contributed by atoms with E-state index in [1.165, 1.54) is 48.6 Å². The highest BCUT2D eigenvalue weighted by Gasteiger charge is 2.13. The van der Waals surface area contributed by atoms with E-state index in [2.05, 4.69) is 0 Å². The maximum Gasteiger partial charge on any atom is 0.336 e. The molecule has 1 N–H and O–H groups in total. The Morgan fingerprint density at radius 1 is 1.00 bits per heavy atom. The van der Waals surface area contributed by atoms with Crippen molar-refractivity contribution in [3.8, 4) is 0 Å². The summed E-state index contributed by atoms with van der Waals surface area (Å²) in [4.78, 5) is 33.2. The van der Waals surface area contributed by atoms with E-state index >= 15 is 0 Å². The van der Waals surface area contributed by atoms with Crippen LogP contribution in [0.1, 0.15) is 26.3 Å². The molecule has 6 heteroatoms.